The van der Waals surface area contributed by atoms with Gasteiger partial charge in [0, 0.05) is 6.07 Å². The van der Waals surface area contributed by atoms with Crippen molar-refractivity contribution in [3.05, 3.63) is 70.0 Å². The van der Waals surface area contributed by atoms with Crippen molar-refractivity contribution < 1.29 is 19.4 Å². The molecule has 7 nitrogen and oxygen atoms in total. The molecule has 3 rings (SSSR count). The summed E-state index contributed by atoms with van der Waals surface area (Å²) in [6, 6.07) is 12.3. The van der Waals surface area contributed by atoms with E-state index in [4.69, 9.17) is 4.74 Å². The minimum absolute atomic E-state index is 0.0959. The quantitative estimate of drug-likeness (QED) is 0.677. The van der Waals surface area contributed by atoms with Gasteiger partial charge in [-0.05, 0) is 35.7 Å². The highest BCUT2D eigenvalue weighted by molar-refractivity contribution is 6.13. The number of benzene rings is 2. The highest BCUT2D eigenvalue weighted by Gasteiger charge is 2.16. The summed E-state index contributed by atoms with van der Waals surface area (Å²) in [5, 5.41) is 12.6. The molecule has 0 atom stereocenters. The fraction of sp³-hybridized carbons (Fsp3) is 0.0556. The number of hydrogen-bond donors (Lipinski definition) is 3. The molecule has 1 amide bonds. The zero-order valence-corrected chi connectivity index (χ0v) is 13.2. The summed E-state index contributed by atoms with van der Waals surface area (Å²) in [5.74, 6) is -1.36. The molecule has 0 aliphatic rings. The van der Waals surface area contributed by atoms with Crippen LogP contribution >= 0.6 is 0 Å². The molecule has 7 heteroatoms. The molecule has 3 N–H and O–H groups in total. The Bertz CT molecular complexity index is 1040. The molecular formula is C18H14N2O5. The van der Waals surface area contributed by atoms with Gasteiger partial charge in [0.15, 0.2) is 0 Å². The predicted octanol–water partition coefficient (Wildman–Crippen LogP) is 2.49. The third-order valence-corrected chi connectivity index (χ3v) is 3.71. The molecule has 1 aromatic heterocycles. The number of pyridine rings is 1. The van der Waals surface area contributed by atoms with E-state index in [9.17, 15) is 19.5 Å². The van der Waals surface area contributed by atoms with E-state index in [0.717, 1.165) is 0 Å². The zero-order valence-electron chi connectivity index (χ0n) is 13.2. The molecule has 0 spiro atoms. The number of H-pyrrole nitrogens is 1. The number of nitrogens with one attached hydrogen (secondary N) is 2. The first-order valence-corrected chi connectivity index (χ1v) is 7.34. The van der Waals surface area contributed by atoms with E-state index in [1.54, 1.807) is 30.3 Å². The molecule has 126 valence electrons. The van der Waals surface area contributed by atoms with Crippen molar-refractivity contribution in [1.82, 2.24) is 4.98 Å². The van der Waals surface area contributed by atoms with E-state index < -0.39 is 11.9 Å². The van der Waals surface area contributed by atoms with Gasteiger partial charge in [-0.2, -0.15) is 0 Å². The normalized spacial score (nSPS) is 10.4. The maximum Gasteiger partial charge on any atom is 0.337 e. The summed E-state index contributed by atoms with van der Waals surface area (Å²) < 4.78 is 5.00. The van der Waals surface area contributed by atoms with Gasteiger partial charge in [0.1, 0.15) is 5.75 Å². The van der Waals surface area contributed by atoms with Crippen molar-refractivity contribution in [3.8, 4) is 5.75 Å². The van der Waals surface area contributed by atoms with E-state index in [2.05, 4.69) is 10.3 Å². The fourth-order valence-electron chi connectivity index (χ4n) is 2.49. The van der Waals surface area contributed by atoms with E-state index in [1.165, 1.54) is 25.3 Å². The number of aromatic carboxylic acids is 1. The average Bonchev–Trinajstić information content (AvgIpc) is 2.61. The van der Waals surface area contributed by atoms with Crippen LogP contribution in [0.1, 0.15) is 20.7 Å². The van der Waals surface area contributed by atoms with Gasteiger partial charge < -0.3 is 20.1 Å². The van der Waals surface area contributed by atoms with E-state index in [0.29, 0.717) is 16.7 Å². The molecule has 0 aliphatic carbocycles. The Morgan fingerprint density at radius 2 is 1.88 bits per heavy atom. The Kier molecular flexibility index (Phi) is 4.21. The number of aromatic amines is 1. The number of carboxylic acid groups (broad SMARTS) is 1. The lowest BCUT2D eigenvalue weighted by atomic mass is 10.1. The number of methoxy groups -OCH3 is 1. The number of rotatable bonds is 4. The van der Waals surface area contributed by atoms with Crippen LogP contribution in [-0.2, 0) is 0 Å². The molecule has 25 heavy (non-hydrogen) atoms. The van der Waals surface area contributed by atoms with Crippen molar-refractivity contribution >= 4 is 28.5 Å². The first-order chi connectivity index (χ1) is 12.0. The van der Waals surface area contributed by atoms with Gasteiger partial charge in [-0.25, -0.2) is 4.79 Å². The summed E-state index contributed by atoms with van der Waals surface area (Å²) in [6.07, 6.45) is 0. The van der Waals surface area contributed by atoms with Crippen LogP contribution in [0.25, 0.3) is 10.9 Å². The lowest BCUT2D eigenvalue weighted by molar-refractivity contribution is 0.0697. The van der Waals surface area contributed by atoms with Gasteiger partial charge in [0.2, 0.25) is 5.56 Å². The number of carboxylic acids is 1. The van der Waals surface area contributed by atoms with Crippen LogP contribution in [0.5, 0.6) is 5.75 Å². The molecule has 3 aromatic rings. The van der Waals surface area contributed by atoms with Crippen molar-refractivity contribution in [2.75, 3.05) is 12.4 Å². The molecule has 0 aliphatic heterocycles. The van der Waals surface area contributed by atoms with Gasteiger partial charge in [-0.1, -0.05) is 12.1 Å². The number of amides is 1. The molecule has 0 saturated heterocycles. The first kappa shape index (κ1) is 16.3. The number of aromatic nitrogens is 1. The Morgan fingerprint density at radius 1 is 1.08 bits per heavy atom. The number of ether oxygens (including phenoxy) is 1. The van der Waals surface area contributed by atoms with Gasteiger partial charge in [0.25, 0.3) is 5.91 Å². The van der Waals surface area contributed by atoms with Crippen molar-refractivity contribution in [2.24, 2.45) is 0 Å². The van der Waals surface area contributed by atoms with E-state index in [-0.39, 0.29) is 22.4 Å². The van der Waals surface area contributed by atoms with Crippen LogP contribution in [0.15, 0.2) is 53.3 Å². The minimum Gasteiger partial charge on any atom is -0.497 e. The third kappa shape index (κ3) is 3.20. The first-order valence-electron chi connectivity index (χ1n) is 7.34. The Labute approximate surface area is 141 Å². The number of carbonyl (C=O) groups is 2. The summed E-state index contributed by atoms with van der Waals surface area (Å²) >= 11 is 0. The summed E-state index contributed by atoms with van der Waals surface area (Å²) in [4.78, 5) is 38.2. The monoisotopic (exact) mass is 338 g/mol. The van der Waals surface area contributed by atoms with Crippen LogP contribution in [0.3, 0.4) is 0 Å². The molecule has 0 unspecified atom stereocenters. The number of fused-ring (bicyclic) bond motifs is 1. The number of anilines is 1. The summed E-state index contributed by atoms with van der Waals surface area (Å²) in [7, 11) is 1.42. The zero-order chi connectivity index (χ0) is 18.0. The summed E-state index contributed by atoms with van der Waals surface area (Å²) in [5.41, 5.74) is 0.332. The number of hydrogen-bond acceptors (Lipinski definition) is 4. The highest BCUT2D eigenvalue weighted by Crippen LogP contribution is 2.24. The molecule has 0 bridgehead atoms. The Morgan fingerprint density at radius 3 is 2.60 bits per heavy atom. The molecule has 0 saturated carbocycles. The molecule has 1 heterocycles. The Balaban J connectivity index is 2.03. The van der Waals surface area contributed by atoms with E-state index in [1.807, 2.05) is 0 Å². The third-order valence-electron chi connectivity index (χ3n) is 3.71. The smallest absolute Gasteiger partial charge is 0.337 e. The molecule has 2 aromatic carbocycles. The highest BCUT2D eigenvalue weighted by atomic mass is 16.5. The van der Waals surface area contributed by atoms with Crippen LogP contribution < -0.4 is 15.6 Å². The van der Waals surface area contributed by atoms with E-state index >= 15 is 0 Å². The molecular weight excluding hydrogens is 324 g/mol. The van der Waals surface area contributed by atoms with Gasteiger partial charge in [-0.15, -0.1) is 0 Å². The molecule has 0 fully saturated rings. The minimum atomic E-state index is -1.19. The van der Waals surface area contributed by atoms with Crippen LogP contribution in [0, 0.1) is 0 Å². The van der Waals surface area contributed by atoms with Gasteiger partial charge >= 0.3 is 5.97 Å². The summed E-state index contributed by atoms with van der Waals surface area (Å²) in [6.45, 7) is 0. The number of para-hydroxylation sites is 1. The second kappa shape index (κ2) is 6.48. The average molecular weight is 338 g/mol. The standard InChI is InChI=1S/C18H14N2O5/c1-25-11-6-7-14(13(9-11)18(23)24)19-17(22)12-4-2-3-10-5-8-15(21)20-16(10)12/h2-9H,1H3,(H,19,22)(H,20,21)(H,23,24). The fourth-order valence-corrected chi connectivity index (χ4v) is 2.49. The van der Waals surface area contributed by atoms with Crippen molar-refractivity contribution in [2.45, 2.75) is 0 Å². The van der Waals surface area contributed by atoms with Crippen molar-refractivity contribution in [3.63, 3.8) is 0 Å². The van der Waals surface area contributed by atoms with Crippen molar-refractivity contribution in [1.29, 1.82) is 0 Å². The topological polar surface area (TPSA) is 108 Å². The second-order valence-electron chi connectivity index (χ2n) is 5.26. The number of carbonyl (C=O) groups excluding carboxylic acids is 1. The van der Waals surface area contributed by atoms with Gasteiger partial charge in [0.05, 0.1) is 29.4 Å². The SMILES string of the molecule is COc1ccc(NC(=O)c2cccc3ccc(=O)[nH]c23)c(C(=O)O)c1. The molecule has 0 radical (unpaired) electrons. The maximum absolute atomic E-state index is 12.6. The second-order valence-corrected chi connectivity index (χ2v) is 5.26. The van der Waals surface area contributed by atoms with Crippen LogP contribution in [0.4, 0.5) is 5.69 Å². The van der Waals surface area contributed by atoms with Gasteiger partial charge in [-0.3, -0.25) is 9.59 Å². The lowest BCUT2D eigenvalue weighted by Gasteiger charge is -2.11. The predicted molar refractivity (Wildman–Crippen MR) is 92.5 cm³/mol. The largest absolute Gasteiger partial charge is 0.497 e. The lowest BCUT2D eigenvalue weighted by Crippen LogP contribution is -2.16. The van der Waals surface area contributed by atoms with Crippen LogP contribution in [-0.4, -0.2) is 29.1 Å². The Hall–Kier alpha value is -3.61. The van der Waals surface area contributed by atoms with Crippen LogP contribution in [0.2, 0.25) is 0 Å². The maximum atomic E-state index is 12.6.